The smallest absolute Gasteiger partial charge is 0.270 e. The highest BCUT2D eigenvalue weighted by Gasteiger charge is 2.35. The van der Waals surface area contributed by atoms with Crippen LogP contribution in [0.2, 0.25) is 0 Å². The van der Waals surface area contributed by atoms with Crippen molar-refractivity contribution in [3.8, 4) is 0 Å². The van der Waals surface area contributed by atoms with Crippen molar-refractivity contribution < 1.29 is 9.53 Å². The normalized spacial score (nSPS) is 25.2. The molecule has 2 aromatic rings. The number of aromatic nitrogens is 3. The predicted octanol–water partition coefficient (Wildman–Crippen LogP) is 2.48. The van der Waals surface area contributed by atoms with Crippen LogP contribution >= 0.6 is 11.8 Å². The molecular formula is C18H22N4O3S. The molecule has 2 N–H and O–H groups in total. The summed E-state index contributed by atoms with van der Waals surface area (Å²) < 4.78 is 7.64. The minimum atomic E-state index is -0.261. The van der Waals surface area contributed by atoms with Gasteiger partial charge in [0.25, 0.3) is 5.56 Å². The number of nitrogens with zero attached hydrogens (tertiary/aromatic N) is 2. The number of carbonyl (C=O) groups is 1. The average molecular weight is 374 g/mol. The molecule has 138 valence electrons. The zero-order valence-electron chi connectivity index (χ0n) is 14.8. The van der Waals surface area contributed by atoms with Gasteiger partial charge in [-0.2, -0.15) is 0 Å². The number of hydrogen-bond donors (Lipinski definition) is 2. The Morgan fingerprint density at radius 1 is 1.38 bits per heavy atom. The van der Waals surface area contributed by atoms with Crippen LogP contribution in [-0.2, 0) is 9.53 Å². The summed E-state index contributed by atoms with van der Waals surface area (Å²) >= 11 is 1.45. The fourth-order valence-electron chi connectivity index (χ4n) is 3.73. The summed E-state index contributed by atoms with van der Waals surface area (Å²) in [6, 6.07) is 3.87. The number of amides is 1. The number of anilines is 1. The minimum Gasteiger partial charge on any atom is -0.375 e. The van der Waals surface area contributed by atoms with E-state index < -0.39 is 0 Å². The molecule has 1 saturated heterocycles. The molecule has 0 spiro atoms. The number of hydrogen-bond acceptors (Lipinski definition) is 5. The van der Waals surface area contributed by atoms with Crippen LogP contribution in [0.3, 0.4) is 0 Å². The van der Waals surface area contributed by atoms with E-state index in [0.29, 0.717) is 23.7 Å². The Balaban J connectivity index is 1.80. The maximum absolute atomic E-state index is 12.8. The second kappa shape index (κ2) is 6.59. The Hall–Kier alpha value is -2.06. The molecule has 2 aliphatic rings. The SMILES string of the molecule is CC1(C)C[C@H](n2[nH]c(=O)c3c2NC(=O)CS[C@@H]3c2cccnc2)CCO1. The van der Waals surface area contributed by atoms with Gasteiger partial charge in [0.05, 0.1) is 28.2 Å². The second-order valence-electron chi connectivity index (χ2n) is 7.35. The van der Waals surface area contributed by atoms with E-state index in [1.54, 1.807) is 12.4 Å². The largest absolute Gasteiger partial charge is 0.375 e. The highest BCUT2D eigenvalue weighted by Crippen LogP contribution is 2.41. The lowest BCUT2D eigenvalue weighted by Gasteiger charge is -2.36. The van der Waals surface area contributed by atoms with E-state index >= 15 is 0 Å². The summed E-state index contributed by atoms with van der Waals surface area (Å²) in [5.74, 6) is 0.788. The van der Waals surface area contributed by atoms with Crippen molar-refractivity contribution in [2.24, 2.45) is 0 Å². The molecule has 26 heavy (non-hydrogen) atoms. The quantitative estimate of drug-likeness (QED) is 0.843. The number of thioether (sulfide) groups is 1. The van der Waals surface area contributed by atoms with E-state index in [1.807, 2.05) is 30.7 Å². The van der Waals surface area contributed by atoms with E-state index in [1.165, 1.54) is 11.8 Å². The van der Waals surface area contributed by atoms with Gasteiger partial charge < -0.3 is 10.1 Å². The first-order valence-electron chi connectivity index (χ1n) is 8.74. The third-order valence-corrected chi connectivity index (χ3v) is 6.16. The van der Waals surface area contributed by atoms with E-state index in [2.05, 4.69) is 15.4 Å². The summed E-state index contributed by atoms with van der Waals surface area (Å²) in [5.41, 5.74) is 1.10. The van der Waals surface area contributed by atoms with Crippen LogP contribution in [0, 0.1) is 0 Å². The molecule has 0 saturated carbocycles. The van der Waals surface area contributed by atoms with Crippen LogP contribution in [0.5, 0.6) is 0 Å². The molecule has 8 heteroatoms. The first kappa shape index (κ1) is 17.4. The summed E-state index contributed by atoms with van der Waals surface area (Å²) in [5, 5.41) is 5.69. The lowest BCUT2D eigenvalue weighted by molar-refractivity contribution is -0.113. The third kappa shape index (κ3) is 3.19. The van der Waals surface area contributed by atoms with Crippen molar-refractivity contribution in [3.63, 3.8) is 0 Å². The summed E-state index contributed by atoms with van der Waals surface area (Å²) in [6.07, 6.45) is 5.02. The van der Waals surface area contributed by atoms with E-state index in [9.17, 15) is 9.59 Å². The van der Waals surface area contributed by atoms with Gasteiger partial charge in [-0.1, -0.05) is 6.07 Å². The van der Waals surface area contributed by atoms with Gasteiger partial charge in [0.1, 0.15) is 5.82 Å². The summed E-state index contributed by atoms with van der Waals surface area (Å²) in [4.78, 5) is 29.3. The lowest BCUT2D eigenvalue weighted by atomic mass is 9.94. The first-order valence-corrected chi connectivity index (χ1v) is 9.79. The van der Waals surface area contributed by atoms with Gasteiger partial charge >= 0.3 is 0 Å². The van der Waals surface area contributed by atoms with Gasteiger partial charge in [-0.25, -0.2) is 0 Å². The number of H-pyrrole nitrogens is 1. The maximum Gasteiger partial charge on any atom is 0.270 e. The number of aromatic amines is 1. The van der Waals surface area contributed by atoms with Crippen molar-refractivity contribution in [2.75, 3.05) is 17.7 Å². The molecule has 2 atom stereocenters. The van der Waals surface area contributed by atoms with E-state index in [0.717, 1.165) is 18.4 Å². The molecule has 4 heterocycles. The fraction of sp³-hybridized carbons (Fsp3) is 0.500. The number of nitrogens with one attached hydrogen (secondary N) is 2. The van der Waals surface area contributed by atoms with Gasteiger partial charge in [0.15, 0.2) is 0 Å². The maximum atomic E-state index is 12.8. The Morgan fingerprint density at radius 2 is 2.23 bits per heavy atom. The summed E-state index contributed by atoms with van der Waals surface area (Å²) in [7, 11) is 0. The lowest BCUT2D eigenvalue weighted by Crippen LogP contribution is -2.36. The second-order valence-corrected chi connectivity index (χ2v) is 8.45. The Kier molecular flexibility index (Phi) is 4.40. The van der Waals surface area contributed by atoms with Gasteiger partial charge in [0, 0.05) is 19.0 Å². The third-order valence-electron chi connectivity index (χ3n) is 4.89. The molecule has 7 nitrogen and oxygen atoms in total. The molecule has 2 aromatic heterocycles. The van der Waals surface area contributed by atoms with E-state index in [4.69, 9.17) is 4.74 Å². The van der Waals surface area contributed by atoms with Crippen molar-refractivity contribution in [1.29, 1.82) is 0 Å². The molecule has 0 radical (unpaired) electrons. The highest BCUT2D eigenvalue weighted by molar-refractivity contribution is 8.00. The fourth-order valence-corrected chi connectivity index (χ4v) is 4.84. The molecule has 0 bridgehead atoms. The average Bonchev–Trinajstić information content (AvgIpc) is 2.81. The topological polar surface area (TPSA) is 89.0 Å². The molecule has 1 fully saturated rings. The molecule has 4 rings (SSSR count). The highest BCUT2D eigenvalue weighted by atomic mass is 32.2. The number of pyridine rings is 1. The molecule has 1 amide bonds. The number of ether oxygens (including phenoxy) is 1. The zero-order chi connectivity index (χ0) is 18.3. The molecular weight excluding hydrogens is 352 g/mol. The number of carbonyl (C=O) groups excluding carboxylic acids is 1. The van der Waals surface area contributed by atoms with Crippen molar-refractivity contribution in [2.45, 2.75) is 43.6 Å². The van der Waals surface area contributed by atoms with Gasteiger partial charge in [0.2, 0.25) is 5.91 Å². The van der Waals surface area contributed by atoms with Crippen LogP contribution in [0.4, 0.5) is 5.82 Å². The van der Waals surface area contributed by atoms with Crippen LogP contribution in [0.1, 0.15) is 49.1 Å². The van der Waals surface area contributed by atoms with Crippen molar-refractivity contribution in [1.82, 2.24) is 14.8 Å². The van der Waals surface area contributed by atoms with Crippen molar-refractivity contribution >= 4 is 23.5 Å². The van der Waals surface area contributed by atoms with E-state index in [-0.39, 0.29) is 28.4 Å². The number of fused-ring (bicyclic) bond motifs is 1. The first-order chi connectivity index (χ1) is 12.4. The minimum absolute atomic E-state index is 0.0770. The van der Waals surface area contributed by atoms with Gasteiger partial charge in [-0.15, -0.1) is 11.8 Å². The summed E-state index contributed by atoms with van der Waals surface area (Å²) in [6.45, 7) is 4.72. The zero-order valence-corrected chi connectivity index (χ0v) is 15.6. The number of rotatable bonds is 2. The predicted molar refractivity (Wildman–Crippen MR) is 101 cm³/mol. The van der Waals surface area contributed by atoms with Crippen LogP contribution in [0.15, 0.2) is 29.3 Å². The standard InChI is InChI=1S/C18H22N4O3S/c1-18(2)8-12(5-7-25-18)22-16-14(17(24)21-22)15(26-10-13(23)20-16)11-4-3-6-19-9-11/h3-4,6,9,12,15H,5,7-8,10H2,1-2H3,(H,20,23)(H,21,24)/t12-,15-/m1/s1. The van der Waals surface area contributed by atoms with Crippen LogP contribution in [-0.4, -0.2) is 38.6 Å². The Labute approximate surface area is 155 Å². The van der Waals surface area contributed by atoms with Crippen LogP contribution < -0.4 is 10.9 Å². The van der Waals surface area contributed by atoms with Gasteiger partial charge in [-0.3, -0.25) is 24.4 Å². The molecule has 0 aliphatic carbocycles. The van der Waals surface area contributed by atoms with Crippen LogP contribution in [0.25, 0.3) is 0 Å². The Morgan fingerprint density at radius 3 is 2.96 bits per heavy atom. The molecule has 0 unspecified atom stereocenters. The Bertz CT molecular complexity index is 874. The van der Waals surface area contributed by atoms with Gasteiger partial charge in [-0.05, 0) is 38.3 Å². The monoisotopic (exact) mass is 374 g/mol. The molecule has 0 aromatic carbocycles. The van der Waals surface area contributed by atoms with Crippen molar-refractivity contribution in [3.05, 3.63) is 46.0 Å². The molecule has 2 aliphatic heterocycles.